The van der Waals surface area contributed by atoms with Crippen molar-refractivity contribution in [1.29, 1.82) is 0 Å². The van der Waals surface area contributed by atoms with Crippen LogP contribution in [0.1, 0.15) is 24.8 Å². The monoisotopic (exact) mass is 254 g/mol. The predicted octanol–water partition coefficient (Wildman–Crippen LogP) is 2.17. The van der Waals surface area contributed by atoms with Gasteiger partial charge in [0, 0.05) is 19.3 Å². The molecule has 0 fully saturated rings. The molecule has 18 heavy (non-hydrogen) atoms. The first kappa shape index (κ1) is 14.2. The Morgan fingerprint density at radius 1 is 1.22 bits per heavy atom. The van der Waals surface area contributed by atoms with Gasteiger partial charge in [0.2, 0.25) is 0 Å². The Hall–Kier alpha value is -1.91. The Balaban J connectivity index is 2.20. The number of carbonyl (C=O) groups is 2. The van der Waals surface area contributed by atoms with E-state index in [4.69, 9.17) is 9.84 Å². The molecule has 1 N–H and O–H groups in total. The van der Waals surface area contributed by atoms with Gasteiger partial charge < -0.3 is 9.84 Å². The number of rotatable bonds is 7. The van der Waals surface area contributed by atoms with Crippen LogP contribution in [0.2, 0.25) is 0 Å². The molecule has 0 heterocycles. The van der Waals surface area contributed by atoms with Crippen molar-refractivity contribution < 1.29 is 23.8 Å². The quantitative estimate of drug-likeness (QED) is 0.757. The minimum absolute atomic E-state index is 0.0532. The fourth-order valence-corrected chi connectivity index (χ4v) is 1.43. The van der Waals surface area contributed by atoms with Gasteiger partial charge in [0.1, 0.15) is 5.82 Å². The maximum absolute atomic E-state index is 13.2. The lowest BCUT2D eigenvalue weighted by molar-refractivity contribution is -0.144. The van der Waals surface area contributed by atoms with E-state index in [-0.39, 0.29) is 31.7 Å². The molecule has 0 saturated carbocycles. The Bertz CT molecular complexity index is 417. The second kappa shape index (κ2) is 7.42. The van der Waals surface area contributed by atoms with Crippen molar-refractivity contribution in [2.24, 2.45) is 0 Å². The highest BCUT2D eigenvalue weighted by molar-refractivity contribution is 5.71. The van der Waals surface area contributed by atoms with Gasteiger partial charge in [0.15, 0.2) is 0 Å². The number of hydrogen-bond acceptors (Lipinski definition) is 3. The average molecular weight is 254 g/mol. The van der Waals surface area contributed by atoms with Crippen LogP contribution >= 0.6 is 0 Å². The summed E-state index contributed by atoms with van der Waals surface area (Å²) in [6.45, 7) is 0.104. The summed E-state index contributed by atoms with van der Waals surface area (Å²) in [4.78, 5) is 21.4. The lowest BCUT2D eigenvalue weighted by Gasteiger charge is -2.05. The van der Waals surface area contributed by atoms with E-state index in [0.29, 0.717) is 12.0 Å². The summed E-state index contributed by atoms with van der Waals surface area (Å²) in [7, 11) is 0. The molecule has 0 aliphatic carbocycles. The highest BCUT2D eigenvalue weighted by Crippen LogP contribution is 2.07. The minimum atomic E-state index is -0.936. The number of halogens is 1. The Morgan fingerprint density at radius 3 is 2.61 bits per heavy atom. The molecule has 1 rings (SSSR count). The smallest absolute Gasteiger partial charge is 0.305 e. The number of benzene rings is 1. The summed E-state index contributed by atoms with van der Waals surface area (Å²) >= 11 is 0. The number of esters is 1. The number of carboxylic acids is 1. The van der Waals surface area contributed by atoms with Crippen LogP contribution in [0.4, 0.5) is 4.39 Å². The summed E-state index contributed by atoms with van der Waals surface area (Å²) in [6, 6.07) is 6.29. The first-order chi connectivity index (χ1) is 8.59. The Kier molecular flexibility index (Phi) is 5.84. The fourth-order valence-electron chi connectivity index (χ4n) is 1.43. The van der Waals surface area contributed by atoms with Crippen LogP contribution in [0.3, 0.4) is 0 Å². The van der Waals surface area contributed by atoms with Crippen molar-refractivity contribution in [2.75, 3.05) is 6.61 Å². The number of carboxylic acid groups (broad SMARTS) is 1. The van der Waals surface area contributed by atoms with E-state index in [9.17, 15) is 14.0 Å². The summed E-state index contributed by atoms with van der Waals surface area (Å²) in [5.41, 5.74) is 0.496. The van der Waals surface area contributed by atoms with Crippen LogP contribution in [0, 0.1) is 5.82 Å². The lowest BCUT2D eigenvalue weighted by atomic mass is 10.1. The van der Waals surface area contributed by atoms with Gasteiger partial charge >= 0.3 is 11.9 Å². The van der Waals surface area contributed by atoms with Crippen molar-refractivity contribution in [3.63, 3.8) is 0 Å². The summed E-state index contributed by atoms with van der Waals surface area (Å²) in [5, 5.41) is 8.39. The van der Waals surface area contributed by atoms with Gasteiger partial charge in [-0.15, -0.1) is 0 Å². The van der Waals surface area contributed by atoms with Crippen molar-refractivity contribution in [3.05, 3.63) is 35.6 Å². The van der Waals surface area contributed by atoms with E-state index in [1.807, 2.05) is 0 Å². The molecule has 0 spiro atoms. The Morgan fingerprint density at radius 2 is 1.94 bits per heavy atom. The van der Waals surface area contributed by atoms with E-state index >= 15 is 0 Å². The van der Waals surface area contributed by atoms with E-state index in [1.54, 1.807) is 18.2 Å². The van der Waals surface area contributed by atoms with E-state index in [2.05, 4.69) is 0 Å². The van der Waals surface area contributed by atoms with Crippen LogP contribution in [-0.4, -0.2) is 23.7 Å². The molecule has 0 radical (unpaired) electrons. The van der Waals surface area contributed by atoms with Crippen molar-refractivity contribution >= 4 is 11.9 Å². The molecule has 0 aromatic heterocycles. The van der Waals surface area contributed by atoms with Crippen LogP contribution in [0.15, 0.2) is 24.3 Å². The maximum Gasteiger partial charge on any atom is 0.305 e. The standard InChI is InChI=1S/C13H15FO4/c14-11-5-2-1-4-10(11)8-9-18-13(17)7-3-6-12(15)16/h1-2,4-5H,3,6-9H2,(H,15,16). The first-order valence-electron chi connectivity index (χ1n) is 5.70. The molecule has 0 amide bonds. The second-order valence-corrected chi connectivity index (χ2v) is 3.81. The van der Waals surface area contributed by atoms with E-state index in [0.717, 1.165) is 0 Å². The van der Waals surface area contributed by atoms with Gasteiger partial charge in [-0.25, -0.2) is 4.39 Å². The van der Waals surface area contributed by atoms with Crippen molar-refractivity contribution in [3.8, 4) is 0 Å². The van der Waals surface area contributed by atoms with Crippen LogP contribution in [0.25, 0.3) is 0 Å². The molecule has 0 unspecified atom stereocenters. The largest absolute Gasteiger partial charge is 0.481 e. The van der Waals surface area contributed by atoms with Crippen LogP contribution in [-0.2, 0) is 20.7 Å². The van der Waals surface area contributed by atoms with Crippen LogP contribution in [0.5, 0.6) is 0 Å². The zero-order valence-electron chi connectivity index (χ0n) is 9.89. The molecular weight excluding hydrogens is 239 g/mol. The van der Waals surface area contributed by atoms with E-state index < -0.39 is 11.9 Å². The highest BCUT2D eigenvalue weighted by atomic mass is 19.1. The maximum atomic E-state index is 13.2. The third kappa shape index (κ3) is 5.43. The molecule has 5 heteroatoms. The van der Waals surface area contributed by atoms with Gasteiger partial charge in [-0.2, -0.15) is 0 Å². The van der Waals surface area contributed by atoms with Crippen LogP contribution < -0.4 is 0 Å². The molecule has 0 saturated heterocycles. The van der Waals surface area contributed by atoms with E-state index in [1.165, 1.54) is 6.07 Å². The topological polar surface area (TPSA) is 63.6 Å². The molecule has 0 aliphatic heterocycles. The van der Waals surface area contributed by atoms with Crippen molar-refractivity contribution in [2.45, 2.75) is 25.7 Å². The third-order valence-electron chi connectivity index (χ3n) is 2.36. The fraction of sp³-hybridized carbons (Fsp3) is 0.385. The molecule has 1 aromatic rings. The molecule has 98 valence electrons. The van der Waals surface area contributed by atoms with Gasteiger partial charge in [-0.3, -0.25) is 9.59 Å². The summed E-state index contributed by atoms with van der Waals surface area (Å²) in [5.74, 6) is -1.71. The molecule has 4 nitrogen and oxygen atoms in total. The highest BCUT2D eigenvalue weighted by Gasteiger charge is 2.06. The molecular formula is C13H15FO4. The summed E-state index contributed by atoms with van der Waals surface area (Å²) < 4.78 is 18.1. The lowest BCUT2D eigenvalue weighted by Crippen LogP contribution is -2.09. The van der Waals surface area contributed by atoms with Gasteiger partial charge in [0.25, 0.3) is 0 Å². The number of carbonyl (C=O) groups excluding carboxylic acids is 1. The first-order valence-corrected chi connectivity index (χ1v) is 5.70. The minimum Gasteiger partial charge on any atom is -0.481 e. The van der Waals surface area contributed by atoms with Crippen molar-refractivity contribution in [1.82, 2.24) is 0 Å². The number of hydrogen-bond donors (Lipinski definition) is 1. The predicted molar refractivity (Wildman–Crippen MR) is 62.5 cm³/mol. The molecule has 0 aliphatic rings. The molecule has 0 bridgehead atoms. The Labute approximate surface area is 104 Å². The normalized spacial score (nSPS) is 10.1. The van der Waals surface area contributed by atoms with Gasteiger partial charge in [-0.1, -0.05) is 18.2 Å². The molecule has 1 aromatic carbocycles. The van der Waals surface area contributed by atoms with Gasteiger partial charge in [0.05, 0.1) is 6.61 Å². The third-order valence-corrected chi connectivity index (χ3v) is 2.36. The SMILES string of the molecule is O=C(O)CCCC(=O)OCCc1ccccc1F. The second-order valence-electron chi connectivity index (χ2n) is 3.81. The number of ether oxygens (including phenoxy) is 1. The molecule has 0 atom stereocenters. The zero-order chi connectivity index (χ0) is 13.4. The van der Waals surface area contributed by atoms with Gasteiger partial charge in [-0.05, 0) is 18.1 Å². The summed E-state index contributed by atoms with van der Waals surface area (Å²) in [6.07, 6.45) is 0.594. The average Bonchev–Trinajstić information content (AvgIpc) is 2.31. The number of aliphatic carboxylic acids is 1. The zero-order valence-corrected chi connectivity index (χ0v) is 9.89.